The molecule has 1 saturated heterocycles. The van der Waals surface area contributed by atoms with Crippen molar-refractivity contribution in [1.82, 2.24) is 0 Å². The predicted octanol–water partition coefficient (Wildman–Crippen LogP) is 3.05. The number of rotatable bonds is 4. The molecule has 1 N–H and O–H groups in total. The normalized spacial score (nSPS) is 40.1. The molecule has 0 aromatic heterocycles. The number of fused-ring (bicyclic) bond motifs is 1. The second-order valence-electron chi connectivity index (χ2n) is 10.6. The molecule has 1 aromatic carbocycles. The molecule has 8 heteroatoms. The molecule has 3 fully saturated rings. The quantitative estimate of drug-likeness (QED) is 0.524. The molecule has 8 atom stereocenters. The van der Waals surface area contributed by atoms with Crippen LogP contribution in [0.3, 0.4) is 0 Å². The lowest BCUT2D eigenvalue weighted by Gasteiger charge is -2.62. The van der Waals surface area contributed by atoms with E-state index in [1.165, 1.54) is 13.8 Å². The number of carbonyl (C=O) groups is 3. The Morgan fingerprint density at radius 1 is 0.941 bits per heavy atom. The molecular formula is C26H34O8. The number of ether oxygens (including phenoxy) is 4. The Labute approximate surface area is 199 Å². The third kappa shape index (κ3) is 3.45. The lowest BCUT2D eigenvalue weighted by molar-refractivity contribution is -0.297. The smallest absolute Gasteiger partial charge is 0.338 e. The molecule has 2 aliphatic carbocycles. The van der Waals surface area contributed by atoms with E-state index in [-0.39, 0.29) is 5.92 Å². The van der Waals surface area contributed by atoms with Gasteiger partial charge in [-0.25, -0.2) is 4.79 Å². The molecule has 8 nitrogen and oxygen atoms in total. The molecule has 0 radical (unpaired) electrons. The Morgan fingerprint density at radius 2 is 1.56 bits per heavy atom. The van der Waals surface area contributed by atoms with Crippen molar-refractivity contribution in [3.05, 3.63) is 35.9 Å². The van der Waals surface area contributed by atoms with Crippen LogP contribution in [0.4, 0.5) is 0 Å². The van der Waals surface area contributed by atoms with Crippen molar-refractivity contribution in [2.24, 2.45) is 17.3 Å². The molecule has 3 aliphatic rings. The first-order chi connectivity index (χ1) is 15.9. The van der Waals surface area contributed by atoms with Crippen LogP contribution in [-0.4, -0.2) is 58.6 Å². The van der Waals surface area contributed by atoms with Gasteiger partial charge < -0.3 is 24.1 Å². The van der Waals surface area contributed by atoms with Gasteiger partial charge in [0.2, 0.25) is 0 Å². The van der Waals surface area contributed by atoms with E-state index >= 15 is 0 Å². The fourth-order valence-corrected chi connectivity index (χ4v) is 6.83. The zero-order chi connectivity index (χ0) is 25.1. The minimum atomic E-state index is -1.22. The molecule has 4 rings (SSSR count). The van der Waals surface area contributed by atoms with Crippen LogP contribution in [0.15, 0.2) is 30.3 Å². The summed E-state index contributed by atoms with van der Waals surface area (Å²) in [5.74, 6) is -2.40. The summed E-state index contributed by atoms with van der Waals surface area (Å²) in [6.45, 7) is 10.1. The van der Waals surface area contributed by atoms with Crippen LogP contribution >= 0.6 is 0 Å². The van der Waals surface area contributed by atoms with Crippen LogP contribution < -0.4 is 0 Å². The highest BCUT2D eigenvalue weighted by Crippen LogP contribution is 2.67. The number of aliphatic hydroxyl groups is 1. The monoisotopic (exact) mass is 474 g/mol. The summed E-state index contributed by atoms with van der Waals surface area (Å²) in [6, 6.07) is 8.53. The molecule has 1 aromatic rings. The van der Waals surface area contributed by atoms with Gasteiger partial charge in [0.05, 0.1) is 28.6 Å². The maximum absolute atomic E-state index is 13.2. The van der Waals surface area contributed by atoms with E-state index in [1.54, 1.807) is 37.3 Å². The van der Waals surface area contributed by atoms with Crippen molar-refractivity contribution in [3.8, 4) is 0 Å². The minimum absolute atomic E-state index is 0.134. The Kier molecular flexibility index (Phi) is 6.05. The van der Waals surface area contributed by atoms with Gasteiger partial charge in [-0.3, -0.25) is 9.59 Å². The van der Waals surface area contributed by atoms with Crippen molar-refractivity contribution in [3.63, 3.8) is 0 Å². The Balaban J connectivity index is 1.92. The Morgan fingerprint density at radius 3 is 2.15 bits per heavy atom. The maximum Gasteiger partial charge on any atom is 0.338 e. The largest absolute Gasteiger partial charge is 0.459 e. The molecule has 2 saturated carbocycles. The van der Waals surface area contributed by atoms with Gasteiger partial charge in [0, 0.05) is 13.8 Å². The maximum atomic E-state index is 13.2. The number of carbonyl (C=O) groups excluding carboxylic acids is 3. The average molecular weight is 475 g/mol. The standard InChI is InChI=1S/C26H34O8/c1-14-12-13-18(29)25(6)22(33-23(30)17-10-8-7-9-11-17)20(31-15(2)27)19-21(32-16(3)28)26(14,25)34-24(19,4)5/h7-11,14,18-22,29H,12-13H2,1-6H3/t14-,18+,19-,20-,21-,22-,25+,26-/m1/s1. The molecular weight excluding hydrogens is 440 g/mol. The van der Waals surface area contributed by atoms with E-state index in [0.29, 0.717) is 18.4 Å². The van der Waals surface area contributed by atoms with Crippen LogP contribution in [0.2, 0.25) is 0 Å². The third-order valence-corrected chi connectivity index (χ3v) is 8.20. The van der Waals surface area contributed by atoms with E-state index < -0.39 is 64.9 Å². The summed E-state index contributed by atoms with van der Waals surface area (Å²) >= 11 is 0. The second-order valence-corrected chi connectivity index (χ2v) is 10.6. The number of aliphatic hydroxyl groups excluding tert-OH is 1. The van der Waals surface area contributed by atoms with Gasteiger partial charge in [-0.15, -0.1) is 0 Å². The molecule has 2 bridgehead atoms. The zero-order valence-corrected chi connectivity index (χ0v) is 20.6. The highest BCUT2D eigenvalue weighted by molar-refractivity contribution is 5.89. The first kappa shape index (κ1) is 24.7. The molecule has 0 unspecified atom stereocenters. The van der Waals surface area contributed by atoms with Gasteiger partial charge in [0.15, 0.2) is 6.10 Å². The van der Waals surface area contributed by atoms with Gasteiger partial charge in [0.25, 0.3) is 0 Å². The van der Waals surface area contributed by atoms with E-state index in [2.05, 4.69) is 0 Å². The van der Waals surface area contributed by atoms with Crippen molar-refractivity contribution in [2.75, 3.05) is 0 Å². The first-order valence-corrected chi connectivity index (χ1v) is 11.8. The van der Waals surface area contributed by atoms with E-state index in [1.807, 2.05) is 20.8 Å². The fourth-order valence-electron chi connectivity index (χ4n) is 6.83. The van der Waals surface area contributed by atoms with Gasteiger partial charge in [-0.1, -0.05) is 32.0 Å². The summed E-state index contributed by atoms with van der Waals surface area (Å²) < 4.78 is 24.6. The van der Waals surface area contributed by atoms with Crippen molar-refractivity contribution in [1.29, 1.82) is 0 Å². The lowest BCUT2D eigenvalue weighted by Crippen LogP contribution is -2.76. The molecule has 0 amide bonds. The number of hydrogen-bond acceptors (Lipinski definition) is 8. The summed E-state index contributed by atoms with van der Waals surface area (Å²) in [4.78, 5) is 37.7. The molecule has 186 valence electrons. The van der Waals surface area contributed by atoms with Crippen LogP contribution in [0.1, 0.15) is 64.7 Å². The number of esters is 3. The average Bonchev–Trinajstić information content (AvgIpc) is 2.95. The summed E-state index contributed by atoms with van der Waals surface area (Å²) in [7, 11) is 0. The minimum Gasteiger partial charge on any atom is -0.459 e. The fraction of sp³-hybridized carbons (Fsp3) is 0.654. The Bertz CT molecular complexity index is 974. The van der Waals surface area contributed by atoms with E-state index in [0.717, 1.165) is 0 Å². The molecule has 1 heterocycles. The van der Waals surface area contributed by atoms with Crippen molar-refractivity contribution in [2.45, 2.75) is 90.0 Å². The van der Waals surface area contributed by atoms with Crippen LogP contribution in [-0.2, 0) is 28.5 Å². The van der Waals surface area contributed by atoms with Crippen LogP contribution in [0.25, 0.3) is 0 Å². The van der Waals surface area contributed by atoms with E-state index in [9.17, 15) is 19.5 Å². The highest BCUT2D eigenvalue weighted by Gasteiger charge is 2.81. The molecule has 34 heavy (non-hydrogen) atoms. The summed E-state index contributed by atoms with van der Waals surface area (Å²) in [5.41, 5.74) is -2.93. The molecule has 1 aliphatic heterocycles. The summed E-state index contributed by atoms with van der Waals surface area (Å²) in [5, 5.41) is 11.5. The topological polar surface area (TPSA) is 108 Å². The molecule has 1 spiro atoms. The highest BCUT2D eigenvalue weighted by atomic mass is 16.6. The van der Waals surface area contributed by atoms with Crippen molar-refractivity contribution >= 4 is 17.9 Å². The zero-order valence-electron chi connectivity index (χ0n) is 20.6. The first-order valence-electron chi connectivity index (χ1n) is 11.8. The number of hydrogen-bond donors (Lipinski definition) is 1. The Hall–Kier alpha value is -2.45. The van der Waals surface area contributed by atoms with Crippen LogP contribution in [0.5, 0.6) is 0 Å². The van der Waals surface area contributed by atoms with Crippen molar-refractivity contribution < 1.29 is 38.4 Å². The van der Waals surface area contributed by atoms with Crippen LogP contribution in [0, 0.1) is 17.3 Å². The van der Waals surface area contributed by atoms with Gasteiger partial charge in [0.1, 0.15) is 17.8 Å². The van der Waals surface area contributed by atoms with Gasteiger partial charge in [-0.05, 0) is 44.7 Å². The lowest BCUT2D eigenvalue weighted by atomic mass is 9.48. The SMILES string of the molecule is CC(=O)O[C@@H]1[C@@H]2[C@@H](OC(C)=O)[C@]3(OC2(C)C)[C@H](C)CC[C@H](O)[C@@]3(C)[C@@H]1OC(=O)c1ccccc1. The third-order valence-electron chi connectivity index (χ3n) is 8.20. The summed E-state index contributed by atoms with van der Waals surface area (Å²) in [6.07, 6.45) is -2.71. The van der Waals surface area contributed by atoms with Gasteiger partial charge >= 0.3 is 17.9 Å². The second kappa shape index (κ2) is 8.34. The van der Waals surface area contributed by atoms with E-state index in [4.69, 9.17) is 18.9 Å². The number of benzene rings is 1. The predicted molar refractivity (Wildman–Crippen MR) is 121 cm³/mol. The van der Waals surface area contributed by atoms with Gasteiger partial charge in [-0.2, -0.15) is 0 Å².